The molecule has 106 valence electrons. The van der Waals surface area contributed by atoms with Gasteiger partial charge in [0.05, 0.1) is 6.26 Å². The maximum Gasteiger partial charge on any atom is 0.344 e. The summed E-state index contributed by atoms with van der Waals surface area (Å²) in [6.45, 7) is 3.65. The van der Waals surface area contributed by atoms with Crippen LogP contribution in [0.3, 0.4) is 0 Å². The predicted molar refractivity (Wildman–Crippen MR) is 83.1 cm³/mol. The van der Waals surface area contributed by atoms with Gasteiger partial charge in [0.1, 0.15) is 0 Å². The molecule has 0 aliphatic rings. The molecule has 2 aromatic rings. The van der Waals surface area contributed by atoms with Gasteiger partial charge in [-0.2, -0.15) is 0 Å². The fraction of sp³-hybridized carbons (Fsp3) is 0.0556. The lowest BCUT2D eigenvalue weighted by molar-refractivity contribution is -0.147. The van der Waals surface area contributed by atoms with Crippen LogP contribution in [0.4, 0.5) is 0 Å². The van der Waals surface area contributed by atoms with E-state index in [4.69, 9.17) is 4.74 Å². The van der Waals surface area contributed by atoms with Crippen LogP contribution in [0.1, 0.15) is 22.8 Å². The van der Waals surface area contributed by atoms with Crippen molar-refractivity contribution in [3.63, 3.8) is 0 Å². The molecule has 21 heavy (non-hydrogen) atoms. The fourth-order valence-electron chi connectivity index (χ4n) is 1.76. The van der Waals surface area contributed by atoms with Crippen molar-refractivity contribution in [3.05, 3.63) is 84.1 Å². The molecule has 0 spiro atoms. The van der Waals surface area contributed by atoms with E-state index in [1.165, 1.54) is 6.26 Å². The SMILES string of the molecule is C=Cc1ccc(C(O)C(=O)OC=Cc2ccccc2)cc1. The smallest absolute Gasteiger partial charge is 0.344 e. The molecule has 0 saturated heterocycles. The highest BCUT2D eigenvalue weighted by atomic mass is 16.5. The van der Waals surface area contributed by atoms with E-state index in [0.717, 1.165) is 11.1 Å². The first kappa shape index (κ1) is 14.8. The van der Waals surface area contributed by atoms with E-state index in [0.29, 0.717) is 5.56 Å². The second-order valence-electron chi connectivity index (χ2n) is 4.42. The molecule has 2 rings (SSSR count). The molecule has 1 atom stereocenters. The molecule has 0 radical (unpaired) electrons. The summed E-state index contributed by atoms with van der Waals surface area (Å²) in [6, 6.07) is 16.3. The van der Waals surface area contributed by atoms with Crippen LogP contribution >= 0.6 is 0 Å². The van der Waals surface area contributed by atoms with Crippen LogP contribution in [-0.4, -0.2) is 11.1 Å². The summed E-state index contributed by atoms with van der Waals surface area (Å²) in [5.74, 6) is -0.714. The zero-order valence-corrected chi connectivity index (χ0v) is 11.5. The third-order valence-electron chi connectivity index (χ3n) is 2.96. The van der Waals surface area contributed by atoms with E-state index in [-0.39, 0.29) is 0 Å². The Labute approximate surface area is 123 Å². The summed E-state index contributed by atoms with van der Waals surface area (Å²) in [6.07, 6.45) is 3.32. The molecule has 3 nitrogen and oxygen atoms in total. The normalized spacial score (nSPS) is 12.0. The van der Waals surface area contributed by atoms with Crippen molar-refractivity contribution in [2.45, 2.75) is 6.10 Å². The second kappa shape index (κ2) is 7.22. The van der Waals surface area contributed by atoms with E-state index in [1.54, 1.807) is 36.4 Å². The van der Waals surface area contributed by atoms with Crippen LogP contribution in [0.2, 0.25) is 0 Å². The molecule has 0 bridgehead atoms. The molecule has 0 saturated carbocycles. The molecule has 0 aromatic heterocycles. The highest BCUT2D eigenvalue weighted by Crippen LogP contribution is 2.16. The quantitative estimate of drug-likeness (QED) is 0.672. The van der Waals surface area contributed by atoms with E-state index < -0.39 is 12.1 Å². The molecule has 3 heteroatoms. The van der Waals surface area contributed by atoms with Gasteiger partial charge in [-0.15, -0.1) is 0 Å². The Balaban J connectivity index is 1.96. The summed E-state index contributed by atoms with van der Waals surface area (Å²) < 4.78 is 4.93. The summed E-state index contributed by atoms with van der Waals surface area (Å²) in [7, 11) is 0. The number of benzene rings is 2. The van der Waals surface area contributed by atoms with Crippen molar-refractivity contribution in [2.75, 3.05) is 0 Å². The lowest BCUT2D eigenvalue weighted by Gasteiger charge is -2.08. The summed E-state index contributed by atoms with van der Waals surface area (Å²) in [5, 5.41) is 9.92. The van der Waals surface area contributed by atoms with Gasteiger partial charge in [0.2, 0.25) is 0 Å². The average Bonchev–Trinajstić information content (AvgIpc) is 2.55. The molecule has 0 amide bonds. The van der Waals surface area contributed by atoms with Crippen LogP contribution in [-0.2, 0) is 9.53 Å². The van der Waals surface area contributed by atoms with Gasteiger partial charge in [0.25, 0.3) is 0 Å². The van der Waals surface area contributed by atoms with Crippen LogP contribution in [0.5, 0.6) is 0 Å². The minimum Gasteiger partial charge on any atom is -0.432 e. The first-order valence-corrected chi connectivity index (χ1v) is 6.53. The van der Waals surface area contributed by atoms with Gasteiger partial charge in [-0.3, -0.25) is 0 Å². The van der Waals surface area contributed by atoms with Gasteiger partial charge in [-0.25, -0.2) is 4.79 Å². The van der Waals surface area contributed by atoms with E-state index in [1.807, 2.05) is 30.3 Å². The summed E-state index contributed by atoms with van der Waals surface area (Å²) in [4.78, 5) is 11.7. The number of hydrogen-bond donors (Lipinski definition) is 1. The van der Waals surface area contributed by atoms with Crippen molar-refractivity contribution >= 4 is 18.1 Å². The number of aliphatic hydroxyl groups is 1. The predicted octanol–water partition coefficient (Wildman–Crippen LogP) is 3.58. The second-order valence-corrected chi connectivity index (χ2v) is 4.42. The average molecular weight is 280 g/mol. The zero-order valence-electron chi connectivity index (χ0n) is 11.5. The lowest BCUT2D eigenvalue weighted by Crippen LogP contribution is -2.12. The van der Waals surface area contributed by atoms with Crippen molar-refractivity contribution in [2.24, 2.45) is 0 Å². The lowest BCUT2D eigenvalue weighted by atomic mass is 10.1. The molecule has 0 fully saturated rings. The van der Waals surface area contributed by atoms with Crippen LogP contribution in [0.25, 0.3) is 12.2 Å². The van der Waals surface area contributed by atoms with Crippen molar-refractivity contribution in [1.82, 2.24) is 0 Å². The Morgan fingerprint density at radius 3 is 2.33 bits per heavy atom. The largest absolute Gasteiger partial charge is 0.432 e. The Kier molecular flexibility index (Phi) is 5.07. The number of rotatable bonds is 5. The molecular weight excluding hydrogens is 264 g/mol. The molecule has 0 heterocycles. The topological polar surface area (TPSA) is 46.5 Å². The van der Waals surface area contributed by atoms with Gasteiger partial charge >= 0.3 is 5.97 Å². The molecule has 0 aliphatic heterocycles. The van der Waals surface area contributed by atoms with Crippen molar-refractivity contribution < 1.29 is 14.6 Å². The van der Waals surface area contributed by atoms with Gasteiger partial charge in [-0.05, 0) is 22.8 Å². The molecular formula is C18H16O3. The van der Waals surface area contributed by atoms with Crippen molar-refractivity contribution in [3.8, 4) is 0 Å². The third-order valence-corrected chi connectivity index (χ3v) is 2.96. The van der Waals surface area contributed by atoms with Gasteiger partial charge in [0.15, 0.2) is 6.10 Å². The van der Waals surface area contributed by atoms with Gasteiger partial charge in [-0.1, -0.05) is 67.3 Å². The first-order valence-electron chi connectivity index (χ1n) is 6.53. The number of hydrogen-bond acceptors (Lipinski definition) is 3. The minimum atomic E-state index is -1.30. The number of esters is 1. The maximum atomic E-state index is 11.7. The monoisotopic (exact) mass is 280 g/mol. The Morgan fingerprint density at radius 2 is 1.71 bits per heavy atom. The van der Waals surface area contributed by atoms with Gasteiger partial charge in [0, 0.05) is 0 Å². The number of carbonyl (C=O) groups is 1. The van der Waals surface area contributed by atoms with Crippen LogP contribution < -0.4 is 0 Å². The first-order chi connectivity index (χ1) is 10.2. The standard InChI is InChI=1S/C18H16O3/c1-2-14-8-10-16(11-9-14)17(19)18(20)21-13-12-15-6-4-3-5-7-15/h2-13,17,19H,1H2. The number of aliphatic hydroxyl groups excluding tert-OH is 1. The van der Waals surface area contributed by atoms with E-state index >= 15 is 0 Å². The highest BCUT2D eigenvalue weighted by molar-refractivity contribution is 5.77. The van der Waals surface area contributed by atoms with Crippen LogP contribution in [0.15, 0.2) is 67.4 Å². The fourth-order valence-corrected chi connectivity index (χ4v) is 1.76. The maximum absolute atomic E-state index is 11.7. The van der Waals surface area contributed by atoms with E-state index in [2.05, 4.69) is 6.58 Å². The third kappa shape index (κ3) is 4.16. The van der Waals surface area contributed by atoms with Crippen molar-refractivity contribution in [1.29, 1.82) is 0 Å². The minimum absolute atomic E-state index is 0.485. The number of carbonyl (C=O) groups excluding carboxylic acids is 1. The molecule has 1 unspecified atom stereocenters. The van der Waals surface area contributed by atoms with Gasteiger partial charge < -0.3 is 9.84 Å². The molecule has 0 aliphatic carbocycles. The molecule has 2 aromatic carbocycles. The zero-order chi connectivity index (χ0) is 15.1. The van der Waals surface area contributed by atoms with E-state index in [9.17, 15) is 9.90 Å². The Morgan fingerprint density at radius 1 is 1.05 bits per heavy atom. The summed E-state index contributed by atoms with van der Waals surface area (Å²) >= 11 is 0. The summed E-state index contributed by atoms with van der Waals surface area (Å²) in [5.41, 5.74) is 2.32. The molecule has 1 N–H and O–H groups in total. The van der Waals surface area contributed by atoms with Crippen LogP contribution in [0, 0.1) is 0 Å². The highest BCUT2D eigenvalue weighted by Gasteiger charge is 2.17. The number of ether oxygens (including phenoxy) is 1. The Bertz CT molecular complexity index is 627. The Hall–Kier alpha value is -2.65.